The summed E-state index contributed by atoms with van der Waals surface area (Å²) >= 11 is 0. The number of rotatable bonds is 1. The molecule has 16 heavy (non-hydrogen) atoms. The number of hydrogen-bond acceptors (Lipinski definition) is 5. The molecule has 0 radical (unpaired) electrons. The molecule has 1 atom stereocenters. The number of nitrogen functional groups attached to an aromatic ring is 1. The highest BCUT2D eigenvalue weighted by atomic mass is 16.5. The maximum atomic E-state index is 11.5. The molecule has 2 aromatic rings. The fourth-order valence-corrected chi connectivity index (χ4v) is 1.68. The van der Waals surface area contributed by atoms with Crippen LogP contribution in [0.2, 0.25) is 0 Å². The van der Waals surface area contributed by atoms with Crippen LogP contribution in [0.1, 0.15) is 6.23 Å². The van der Waals surface area contributed by atoms with Gasteiger partial charge in [0.15, 0.2) is 17.4 Å². The van der Waals surface area contributed by atoms with E-state index in [1.165, 1.54) is 6.33 Å². The number of fused-ring (bicyclic) bond motifs is 1. The van der Waals surface area contributed by atoms with E-state index >= 15 is 0 Å². The van der Waals surface area contributed by atoms with Crippen molar-refractivity contribution in [2.24, 2.45) is 0 Å². The van der Waals surface area contributed by atoms with E-state index in [0.717, 1.165) is 0 Å². The van der Waals surface area contributed by atoms with Gasteiger partial charge in [0.1, 0.15) is 0 Å². The summed E-state index contributed by atoms with van der Waals surface area (Å²) in [6.45, 7) is 0.545. The van der Waals surface area contributed by atoms with Gasteiger partial charge in [0, 0.05) is 0 Å². The highest BCUT2D eigenvalue weighted by Gasteiger charge is 2.17. The third kappa shape index (κ3) is 1.22. The molecule has 0 aliphatic carbocycles. The predicted molar refractivity (Wildman–Crippen MR) is 56.7 cm³/mol. The number of aromatic nitrogens is 4. The molecule has 0 unspecified atom stereocenters. The van der Waals surface area contributed by atoms with Crippen molar-refractivity contribution in [3.8, 4) is 0 Å². The maximum absolute atomic E-state index is 11.5. The van der Waals surface area contributed by atoms with Crippen LogP contribution in [0.15, 0.2) is 23.3 Å². The van der Waals surface area contributed by atoms with E-state index in [1.807, 2.05) is 12.2 Å². The van der Waals surface area contributed by atoms with Gasteiger partial charge in [0.2, 0.25) is 5.95 Å². The molecule has 3 N–H and O–H groups in total. The second-order valence-corrected chi connectivity index (χ2v) is 3.43. The third-order valence-corrected chi connectivity index (χ3v) is 2.39. The van der Waals surface area contributed by atoms with Crippen LogP contribution in [-0.2, 0) is 4.74 Å². The summed E-state index contributed by atoms with van der Waals surface area (Å²) in [5, 5.41) is 0. The molecule has 0 saturated heterocycles. The molecule has 3 rings (SSSR count). The number of imidazole rings is 1. The number of nitrogens with one attached hydrogen (secondary N) is 1. The smallest absolute Gasteiger partial charge is 0.280 e. The lowest BCUT2D eigenvalue weighted by Crippen LogP contribution is -2.13. The number of nitrogens with two attached hydrogens (primary N) is 1. The first-order valence-electron chi connectivity index (χ1n) is 4.76. The summed E-state index contributed by atoms with van der Waals surface area (Å²) in [7, 11) is 0. The summed E-state index contributed by atoms with van der Waals surface area (Å²) in [5.41, 5.74) is 5.83. The predicted octanol–water partition coefficient (Wildman–Crippen LogP) is -0.213. The van der Waals surface area contributed by atoms with E-state index < -0.39 is 0 Å². The summed E-state index contributed by atoms with van der Waals surface area (Å²) in [5.74, 6) is 0.0706. The highest BCUT2D eigenvalue weighted by Crippen LogP contribution is 2.19. The largest absolute Gasteiger partial charge is 0.369 e. The van der Waals surface area contributed by atoms with Gasteiger partial charge in [0.05, 0.1) is 12.9 Å². The fraction of sp³-hybridized carbons (Fsp3) is 0.222. The molecule has 0 bridgehead atoms. The first-order chi connectivity index (χ1) is 7.75. The molecule has 0 fully saturated rings. The number of nitrogens with zero attached hydrogens (tertiary/aromatic N) is 3. The Morgan fingerprint density at radius 1 is 1.62 bits per heavy atom. The van der Waals surface area contributed by atoms with Gasteiger partial charge in [-0.2, -0.15) is 4.98 Å². The summed E-state index contributed by atoms with van der Waals surface area (Å²) < 4.78 is 7.08. The maximum Gasteiger partial charge on any atom is 0.280 e. The van der Waals surface area contributed by atoms with E-state index in [-0.39, 0.29) is 23.3 Å². The van der Waals surface area contributed by atoms with Crippen LogP contribution < -0.4 is 11.3 Å². The molecule has 0 saturated carbocycles. The standard InChI is InChI=1S/C9H9N5O2/c10-9-12-7-6(8(15)13-9)11-4-14(7)5-2-1-3-16-5/h1-2,4-5H,3H2,(H3,10,12,13,15)/t5-/m1/s1. The zero-order chi connectivity index (χ0) is 11.1. The van der Waals surface area contributed by atoms with Crippen molar-refractivity contribution in [3.05, 3.63) is 28.8 Å². The van der Waals surface area contributed by atoms with Crippen LogP contribution in [0, 0.1) is 0 Å². The van der Waals surface area contributed by atoms with Crippen LogP contribution in [0.3, 0.4) is 0 Å². The van der Waals surface area contributed by atoms with Gasteiger partial charge in [-0.15, -0.1) is 0 Å². The minimum atomic E-state index is -0.344. The van der Waals surface area contributed by atoms with Crippen LogP contribution in [0.4, 0.5) is 5.95 Å². The average molecular weight is 219 g/mol. The van der Waals surface area contributed by atoms with Gasteiger partial charge in [-0.25, -0.2) is 4.98 Å². The lowest BCUT2D eigenvalue weighted by atomic mass is 10.5. The van der Waals surface area contributed by atoms with Crippen LogP contribution in [-0.4, -0.2) is 26.1 Å². The Morgan fingerprint density at radius 3 is 3.25 bits per heavy atom. The van der Waals surface area contributed by atoms with Crippen LogP contribution in [0.5, 0.6) is 0 Å². The Bertz CT molecular complexity index is 626. The zero-order valence-corrected chi connectivity index (χ0v) is 8.25. The van der Waals surface area contributed by atoms with E-state index in [4.69, 9.17) is 10.5 Å². The zero-order valence-electron chi connectivity index (χ0n) is 8.25. The first-order valence-corrected chi connectivity index (χ1v) is 4.76. The second kappa shape index (κ2) is 3.17. The summed E-state index contributed by atoms with van der Waals surface area (Å²) in [4.78, 5) is 22.0. The molecule has 0 aromatic carbocycles. The van der Waals surface area contributed by atoms with Crippen molar-refractivity contribution in [2.45, 2.75) is 6.23 Å². The van der Waals surface area contributed by atoms with E-state index in [2.05, 4.69) is 15.0 Å². The molecule has 82 valence electrons. The number of aromatic amines is 1. The van der Waals surface area contributed by atoms with Gasteiger partial charge >= 0.3 is 0 Å². The molecule has 3 heterocycles. The monoisotopic (exact) mass is 219 g/mol. The summed E-state index contributed by atoms with van der Waals surface area (Å²) in [6.07, 6.45) is 5.03. The van der Waals surface area contributed by atoms with Crippen molar-refractivity contribution in [3.63, 3.8) is 0 Å². The third-order valence-electron chi connectivity index (χ3n) is 2.39. The Morgan fingerprint density at radius 2 is 2.50 bits per heavy atom. The quantitative estimate of drug-likeness (QED) is 0.646. The SMILES string of the molecule is Nc1nc2c(ncn2[C@H]2C=CCO2)c(=O)[nH]1. The molecule has 7 nitrogen and oxygen atoms in total. The number of H-pyrrole nitrogens is 1. The van der Waals surface area contributed by atoms with Gasteiger partial charge < -0.3 is 10.5 Å². The Labute approximate surface area is 89.6 Å². The van der Waals surface area contributed by atoms with E-state index in [9.17, 15) is 4.79 Å². The van der Waals surface area contributed by atoms with E-state index in [1.54, 1.807) is 4.57 Å². The lowest BCUT2D eigenvalue weighted by Gasteiger charge is -2.09. The number of anilines is 1. The first kappa shape index (κ1) is 9.10. The number of hydrogen-bond donors (Lipinski definition) is 2. The van der Waals surface area contributed by atoms with Crippen molar-refractivity contribution in [2.75, 3.05) is 12.3 Å². The second-order valence-electron chi connectivity index (χ2n) is 3.43. The minimum Gasteiger partial charge on any atom is -0.369 e. The Kier molecular flexibility index (Phi) is 1.80. The fourth-order valence-electron chi connectivity index (χ4n) is 1.68. The van der Waals surface area contributed by atoms with Crippen molar-refractivity contribution in [1.82, 2.24) is 19.5 Å². The average Bonchev–Trinajstić information content (AvgIpc) is 2.83. The Balaban J connectivity index is 2.26. The van der Waals surface area contributed by atoms with Crippen LogP contribution >= 0.6 is 0 Å². The minimum absolute atomic E-state index is 0.0706. The molecular weight excluding hydrogens is 210 g/mol. The highest BCUT2D eigenvalue weighted by molar-refractivity contribution is 5.70. The van der Waals surface area contributed by atoms with Crippen molar-refractivity contribution >= 4 is 17.1 Å². The molecule has 7 heteroatoms. The molecular formula is C9H9N5O2. The van der Waals surface area contributed by atoms with Gasteiger partial charge in [0.25, 0.3) is 5.56 Å². The van der Waals surface area contributed by atoms with Crippen LogP contribution in [0.25, 0.3) is 11.2 Å². The van der Waals surface area contributed by atoms with E-state index in [0.29, 0.717) is 12.3 Å². The molecule has 1 aliphatic rings. The lowest BCUT2D eigenvalue weighted by molar-refractivity contribution is 0.0787. The number of ether oxygens (including phenoxy) is 1. The summed E-state index contributed by atoms with van der Waals surface area (Å²) in [6, 6.07) is 0. The van der Waals surface area contributed by atoms with Gasteiger partial charge in [-0.1, -0.05) is 6.08 Å². The topological polar surface area (TPSA) is 98.8 Å². The normalized spacial score (nSPS) is 19.6. The van der Waals surface area contributed by atoms with Gasteiger partial charge in [-0.05, 0) is 6.08 Å². The molecule has 2 aromatic heterocycles. The van der Waals surface area contributed by atoms with Crippen molar-refractivity contribution in [1.29, 1.82) is 0 Å². The Hall–Kier alpha value is -2.15. The van der Waals surface area contributed by atoms with Gasteiger partial charge in [-0.3, -0.25) is 14.3 Å². The molecule has 1 aliphatic heterocycles. The van der Waals surface area contributed by atoms with Crippen molar-refractivity contribution < 1.29 is 4.74 Å². The molecule has 0 amide bonds. The molecule has 0 spiro atoms.